The van der Waals surface area contributed by atoms with Gasteiger partial charge in [0.15, 0.2) is 11.6 Å². The second-order valence-corrected chi connectivity index (χ2v) is 8.34. The van der Waals surface area contributed by atoms with Crippen molar-refractivity contribution in [2.75, 3.05) is 23.9 Å². The number of urea groups is 1. The Morgan fingerprint density at radius 1 is 1.16 bits per heavy atom. The third kappa shape index (κ3) is 3.93. The van der Waals surface area contributed by atoms with E-state index in [1.165, 1.54) is 61.0 Å². The molecular formula is C22H19F2N3O4S. The van der Waals surface area contributed by atoms with Gasteiger partial charge in [-0.1, -0.05) is 6.08 Å². The normalized spacial score (nSPS) is 19.9. The Balaban J connectivity index is 1.57. The number of anilines is 2. The van der Waals surface area contributed by atoms with Gasteiger partial charge in [-0.05, 0) is 48.2 Å². The van der Waals surface area contributed by atoms with E-state index >= 15 is 0 Å². The summed E-state index contributed by atoms with van der Waals surface area (Å²) in [4.78, 5) is 41.1. The number of amides is 4. The molecule has 0 radical (unpaired) electrons. The number of imide groups is 1. The van der Waals surface area contributed by atoms with Gasteiger partial charge in [-0.2, -0.15) is 0 Å². The number of carbonyl (C=O) groups is 3. The summed E-state index contributed by atoms with van der Waals surface area (Å²) in [6.07, 6.45) is 1.69. The minimum absolute atomic E-state index is 0.0360. The van der Waals surface area contributed by atoms with Crippen LogP contribution in [0.1, 0.15) is 5.56 Å². The summed E-state index contributed by atoms with van der Waals surface area (Å²) in [6, 6.07) is 6.62. The molecule has 7 nitrogen and oxygen atoms in total. The summed E-state index contributed by atoms with van der Waals surface area (Å²) in [6.45, 7) is 1.17. The highest BCUT2D eigenvalue weighted by atomic mass is 32.2. The van der Waals surface area contributed by atoms with Crippen LogP contribution in [0.2, 0.25) is 0 Å². The maximum Gasteiger partial charge on any atom is 0.332 e. The molecule has 0 aliphatic carbocycles. The fourth-order valence-corrected chi connectivity index (χ4v) is 4.66. The average Bonchev–Trinajstić information content (AvgIpc) is 3.24. The Hall–Kier alpha value is -3.40. The number of hydrogen-bond donors (Lipinski definition) is 1. The van der Waals surface area contributed by atoms with Crippen LogP contribution in [-0.2, 0) is 9.59 Å². The number of fused-ring (bicyclic) bond motifs is 1. The molecule has 2 aromatic rings. The second-order valence-electron chi connectivity index (χ2n) is 7.29. The Bertz CT molecular complexity index is 1140. The molecule has 0 aromatic heterocycles. The Morgan fingerprint density at radius 3 is 2.62 bits per heavy atom. The third-order valence-corrected chi connectivity index (χ3v) is 6.31. The zero-order valence-corrected chi connectivity index (χ0v) is 18.0. The Labute approximate surface area is 187 Å². The van der Waals surface area contributed by atoms with Gasteiger partial charge in [0.1, 0.15) is 17.6 Å². The SMILES string of the molecule is COc1ccc(NC(=O)CN2C(=O)N(c3ccc(F)c(C)c3)C(=O)C3SC=CC32)cc1F. The number of carbonyl (C=O) groups excluding carboxylic acids is 3. The lowest BCUT2D eigenvalue weighted by Gasteiger charge is -2.40. The lowest BCUT2D eigenvalue weighted by Crippen LogP contribution is -2.63. The maximum atomic E-state index is 13.9. The number of hydrogen-bond acceptors (Lipinski definition) is 5. The molecule has 2 heterocycles. The summed E-state index contributed by atoms with van der Waals surface area (Å²) >= 11 is 1.25. The molecular weight excluding hydrogens is 440 g/mol. The highest BCUT2D eigenvalue weighted by Gasteiger charge is 2.48. The number of aryl methyl sites for hydroxylation is 1. The van der Waals surface area contributed by atoms with E-state index in [4.69, 9.17) is 4.74 Å². The Morgan fingerprint density at radius 2 is 1.94 bits per heavy atom. The molecule has 1 fully saturated rings. The highest BCUT2D eigenvalue weighted by Crippen LogP contribution is 2.36. The van der Waals surface area contributed by atoms with E-state index < -0.39 is 40.8 Å². The zero-order chi connectivity index (χ0) is 23.0. The number of nitrogens with one attached hydrogen (secondary N) is 1. The van der Waals surface area contributed by atoms with E-state index in [1.807, 2.05) is 0 Å². The first-order chi connectivity index (χ1) is 15.3. The molecule has 0 saturated carbocycles. The van der Waals surface area contributed by atoms with E-state index in [0.717, 1.165) is 11.0 Å². The molecule has 2 aliphatic rings. The van der Waals surface area contributed by atoms with Crippen molar-refractivity contribution in [2.24, 2.45) is 0 Å². The number of nitrogens with zero attached hydrogens (tertiary/aromatic N) is 2. The lowest BCUT2D eigenvalue weighted by atomic mass is 10.1. The topological polar surface area (TPSA) is 79.0 Å². The molecule has 0 bridgehead atoms. The van der Waals surface area contributed by atoms with Crippen LogP contribution >= 0.6 is 11.8 Å². The molecule has 0 spiro atoms. The van der Waals surface area contributed by atoms with E-state index in [0.29, 0.717) is 0 Å². The highest BCUT2D eigenvalue weighted by molar-refractivity contribution is 8.03. The van der Waals surface area contributed by atoms with Gasteiger partial charge in [0, 0.05) is 11.8 Å². The third-order valence-electron chi connectivity index (χ3n) is 5.22. The number of methoxy groups -OCH3 is 1. The molecule has 1 N–H and O–H groups in total. The van der Waals surface area contributed by atoms with Crippen LogP contribution in [0.5, 0.6) is 5.75 Å². The van der Waals surface area contributed by atoms with Crippen molar-refractivity contribution in [1.82, 2.24) is 4.90 Å². The first-order valence-electron chi connectivity index (χ1n) is 9.66. The quantitative estimate of drug-likeness (QED) is 0.738. The van der Waals surface area contributed by atoms with E-state index in [9.17, 15) is 23.2 Å². The summed E-state index contributed by atoms with van der Waals surface area (Å²) in [5, 5.41) is 3.64. The molecule has 2 aliphatic heterocycles. The Kier molecular flexibility index (Phi) is 5.88. The van der Waals surface area contributed by atoms with Crippen molar-refractivity contribution >= 4 is 41.0 Å². The summed E-state index contributed by atoms with van der Waals surface area (Å²) in [5.41, 5.74) is 0.716. The molecule has 2 unspecified atom stereocenters. The summed E-state index contributed by atoms with van der Waals surface area (Å²) in [7, 11) is 1.33. The van der Waals surface area contributed by atoms with Crippen LogP contribution in [-0.4, -0.2) is 47.7 Å². The molecule has 2 atom stereocenters. The molecule has 4 rings (SSSR count). The summed E-state index contributed by atoms with van der Waals surface area (Å²) < 4.78 is 32.5. The standard InChI is InChI=1S/C22H19F2N3O4S/c1-12-9-14(4-5-15(12)23)27-21(29)20-17(7-8-32-20)26(22(27)30)11-19(28)25-13-3-6-18(31-2)16(24)10-13/h3-10,17,20H,11H2,1-2H3,(H,25,28). The molecule has 10 heteroatoms. The predicted molar refractivity (Wildman–Crippen MR) is 117 cm³/mol. The van der Waals surface area contributed by atoms with Gasteiger partial charge in [-0.15, -0.1) is 11.8 Å². The van der Waals surface area contributed by atoms with Gasteiger partial charge < -0.3 is 15.0 Å². The lowest BCUT2D eigenvalue weighted by molar-refractivity contribution is -0.121. The van der Waals surface area contributed by atoms with E-state index in [2.05, 4.69) is 5.32 Å². The van der Waals surface area contributed by atoms with Crippen LogP contribution < -0.4 is 15.0 Å². The minimum atomic E-state index is -0.689. The van der Waals surface area contributed by atoms with Crippen LogP contribution in [0.15, 0.2) is 47.9 Å². The molecule has 1 saturated heterocycles. The van der Waals surface area contributed by atoms with Crippen molar-refractivity contribution in [3.63, 3.8) is 0 Å². The molecule has 2 aromatic carbocycles. The van der Waals surface area contributed by atoms with Crippen LogP contribution in [0, 0.1) is 18.6 Å². The van der Waals surface area contributed by atoms with Crippen LogP contribution in [0.4, 0.5) is 25.0 Å². The van der Waals surface area contributed by atoms with Crippen molar-refractivity contribution in [3.05, 3.63) is 65.1 Å². The van der Waals surface area contributed by atoms with E-state index in [-0.39, 0.29) is 29.2 Å². The monoisotopic (exact) mass is 459 g/mol. The number of rotatable bonds is 5. The van der Waals surface area contributed by atoms with Gasteiger partial charge in [0.2, 0.25) is 5.91 Å². The van der Waals surface area contributed by atoms with E-state index in [1.54, 1.807) is 11.5 Å². The van der Waals surface area contributed by atoms with Gasteiger partial charge >= 0.3 is 6.03 Å². The first kappa shape index (κ1) is 21.8. The maximum absolute atomic E-state index is 13.9. The molecule has 166 valence electrons. The number of benzene rings is 2. The summed E-state index contributed by atoms with van der Waals surface area (Å²) in [5.74, 6) is -2.05. The van der Waals surface area contributed by atoms with Gasteiger partial charge in [-0.3, -0.25) is 9.59 Å². The number of ether oxygens (including phenoxy) is 1. The smallest absolute Gasteiger partial charge is 0.332 e. The average molecular weight is 459 g/mol. The van der Waals surface area contributed by atoms with Crippen molar-refractivity contribution in [1.29, 1.82) is 0 Å². The largest absolute Gasteiger partial charge is 0.494 e. The van der Waals surface area contributed by atoms with Crippen LogP contribution in [0.25, 0.3) is 0 Å². The number of halogens is 2. The van der Waals surface area contributed by atoms with Crippen molar-refractivity contribution in [2.45, 2.75) is 18.2 Å². The fraction of sp³-hybridized carbons (Fsp3) is 0.227. The minimum Gasteiger partial charge on any atom is -0.494 e. The van der Waals surface area contributed by atoms with Crippen molar-refractivity contribution in [3.8, 4) is 5.75 Å². The van der Waals surface area contributed by atoms with Gasteiger partial charge in [-0.25, -0.2) is 18.5 Å². The molecule has 4 amide bonds. The first-order valence-corrected chi connectivity index (χ1v) is 10.6. The van der Waals surface area contributed by atoms with Gasteiger partial charge in [0.05, 0.1) is 18.8 Å². The second kappa shape index (κ2) is 8.62. The zero-order valence-electron chi connectivity index (χ0n) is 17.2. The van der Waals surface area contributed by atoms with Crippen LogP contribution in [0.3, 0.4) is 0 Å². The van der Waals surface area contributed by atoms with Gasteiger partial charge in [0.25, 0.3) is 5.91 Å². The molecule has 32 heavy (non-hydrogen) atoms. The number of thioether (sulfide) groups is 1. The predicted octanol–water partition coefficient (Wildman–Crippen LogP) is 3.69. The fourth-order valence-electron chi connectivity index (χ4n) is 3.62. The van der Waals surface area contributed by atoms with Crippen molar-refractivity contribution < 1.29 is 27.9 Å².